The van der Waals surface area contributed by atoms with E-state index in [1.165, 1.54) is 12.1 Å². The maximum atomic E-state index is 12.0. The summed E-state index contributed by atoms with van der Waals surface area (Å²) in [6.45, 7) is 2.15. The number of carbonyl (C=O) groups is 1. The predicted molar refractivity (Wildman–Crippen MR) is 72.6 cm³/mol. The molecule has 1 aliphatic rings. The Kier molecular flexibility index (Phi) is 3.85. The molecule has 0 radical (unpaired) electrons. The Labute approximate surface area is 117 Å². The molecule has 1 aromatic rings. The van der Waals surface area contributed by atoms with E-state index < -0.39 is 10.0 Å². The molecule has 104 valence electrons. The van der Waals surface area contributed by atoms with Gasteiger partial charge in [-0.15, -0.1) is 0 Å². The number of nitrogens with one attached hydrogen (secondary N) is 1. The number of rotatable bonds is 4. The van der Waals surface area contributed by atoms with E-state index in [0.717, 1.165) is 12.8 Å². The van der Waals surface area contributed by atoms with Crippen LogP contribution in [0.3, 0.4) is 0 Å². The fourth-order valence-electron chi connectivity index (χ4n) is 1.84. The minimum absolute atomic E-state index is 0.114. The van der Waals surface area contributed by atoms with Crippen molar-refractivity contribution in [3.8, 4) is 0 Å². The summed E-state index contributed by atoms with van der Waals surface area (Å²) in [6, 6.07) is 2.71. The zero-order valence-electron chi connectivity index (χ0n) is 10.4. The van der Waals surface area contributed by atoms with Crippen LogP contribution in [-0.4, -0.2) is 20.9 Å². The highest BCUT2D eigenvalue weighted by molar-refractivity contribution is 7.89. The zero-order valence-corrected chi connectivity index (χ0v) is 12.0. The molecule has 0 atom stereocenters. The number of hydrogen-bond acceptors (Lipinski definition) is 3. The Balaban J connectivity index is 2.33. The van der Waals surface area contributed by atoms with E-state index in [2.05, 4.69) is 5.32 Å². The van der Waals surface area contributed by atoms with Crippen LogP contribution in [0.25, 0.3) is 0 Å². The molecular weight excluding hydrogens is 288 g/mol. The Hall–Kier alpha value is -1.11. The van der Waals surface area contributed by atoms with Gasteiger partial charge in [0, 0.05) is 17.1 Å². The van der Waals surface area contributed by atoms with Crippen molar-refractivity contribution in [3.05, 3.63) is 28.3 Å². The van der Waals surface area contributed by atoms with Gasteiger partial charge in [0.15, 0.2) is 0 Å². The molecule has 1 fully saturated rings. The minimum Gasteiger partial charge on any atom is -0.352 e. The first-order valence-corrected chi connectivity index (χ1v) is 7.82. The monoisotopic (exact) mass is 302 g/mol. The van der Waals surface area contributed by atoms with Crippen molar-refractivity contribution in [3.63, 3.8) is 0 Å². The second-order valence-corrected chi connectivity index (χ2v) is 6.74. The summed E-state index contributed by atoms with van der Waals surface area (Å²) in [7, 11) is -3.90. The molecule has 0 aromatic heterocycles. The second kappa shape index (κ2) is 5.11. The number of amides is 1. The quantitative estimate of drug-likeness (QED) is 0.882. The molecule has 1 amide bonds. The molecule has 0 bridgehead atoms. The zero-order chi connectivity index (χ0) is 14.2. The third kappa shape index (κ3) is 3.46. The van der Waals surface area contributed by atoms with Crippen LogP contribution in [0.15, 0.2) is 17.0 Å². The SMILES string of the molecule is Cc1c(C(=O)NCC2CC2)cc(Cl)cc1S(N)(=O)=O. The Morgan fingerprint density at radius 1 is 1.47 bits per heavy atom. The molecular formula is C12H15ClN2O3S. The van der Waals surface area contributed by atoms with Crippen LogP contribution < -0.4 is 10.5 Å². The molecule has 7 heteroatoms. The molecule has 0 heterocycles. The summed E-state index contributed by atoms with van der Waals surface area (Å²) in [4.78, 5) is 11.9. The Morgan fingerprint density at radius 2 is 2.11 bits per heavy atom. The minimum atomic E-state index is -3.90. The molecule has 1 aliphatic carbocycles. The lowest BCUT2D eigenvalue weighted by atomic mass is 10.1. The van der Waals surface area contributed by atoms with Crippen LogP contribution in [0.1, 0.15) is 28.8 Å². The van der Waals surface area contributed by atoms with Gasteiger partial charge in [0.25, 0.3) is 5.91 Å². The fraction of sp³-hybridized carbons (Fsp3) is 0.417. The molecule has 0 saturated heterocycles. The largest absolute Gasteiger partial charge is 0.352 e. The highest BCUT2D eigenvalue weighted by atomic mass is 35.5. The van der Waals surface area contributed by atoms with E-state index in [4.69, 9.17) is 16.7 Å². The fourth-order valence-corrected chi connectivity index (χ4v) is 2.95. The first-order valence-electron chi connectivity index (χ1n) is 5.90. The van der Waals surface area contributed by atoms with Gasteiger partial charge in [0.05, 0.1) is 4.90 Å². The van der Waals surface area contributed by atoms with Crippen LogP contribution in [0.5, 0.6) is 0 Å². The molecule has 0 aliphatic heterocycles. The number of nitrogens with two attached hydrogens (primary N) is 1. The van der Waals surface area contributed by atoms with Gasteiger partial charge < -0.3 is 5.32 Å². The van der Waals surface area contributed by atoms with Crippen molar-refractivity contribution in [2.75, 3.05) is 6.54 Å². The summed E-state index contributed by atoms with van der Waals surface area (Å²) in [5.41, 5.74) is 0.567. The molecule has 19 heavy (non-hydrogen) atoms. The van der Waals surface area contributed by atoms with Crippen molar-refractivity contribution in [2.45, 2.75) is 24.7 Å². The van der Waals surface area contributed by atoms with E-state index >= 15 is 0 Å². The highest BCUT2D eigenvalue weighted by Gasteiger charge is 2.23. The van der Waals surface area contributed by atoms with Crippen LogP contribution >= 0.6 is 11.6 Å². The van der Waals surface area contributed by atoms with Gasteiger partial charge >= 0.3 is 0 Å². The molecule has 2 rings (SSSR count). The summed E-state index contributed by atoms with van der Waals surface area (Å²) in [6.07, 6.45) is 2.24. The van der Waals surface area contributed by atoms with Crippen LogP contribution in [0.2, 0.25) is 5.02 Å². The Bertz CT molecular complexity index is 624. The molecule has 1 aromatic carbocycles. The van der Waals surface area contributed by atoms with Crippen LogP contribution in [0.4, 0.5) is 0 Å². The third-order valence-electron chi connectivity index (χ3n) is 3.12. The normalized spacial score (nSPS) is 15.3. The average Bonchev–Trinajstić information content (AvgIpc) is 3.11. The second-order valence-electron chi connectivity index (χ2n) is 4.77. The van der Waals surface area contributed by atoms with Crippen molar-refractivity contribution >= 4 is 27.5 Å². The first kappa shape index (κ1) is 14.3. The maximum absolute atomic E-state index is 12.0. The molecule has 0 unspecified atom stereocenters. The maximum Gasteiger partial charge on any atom is 0.251 e. The van der Waals surface area contributed by atoms with Gasteiger partial charge in [-0.1, -0.05) is 11.6 Å². The van der Waals surface area contributed by atoms with Crippen molar-refractivity contribution < 1.29 is 13.2 Å². The summed E-state index contributed by atoms with van der Waals surface area (Å²) >= 11 is 5.85. The van der Waals surface area contributed by atoms with Crippen molar-refractivity contribution in [1.29, 1.82) is 0 Å². The third-order valence-corrected chi connectivity index (χ3v) is 4.38. The van der Waals surface area contributed by atoms with Gasteiger partial charge in [0.1, 0.15) is 0 Å². The number of halogens is 1. The Morgan fingerprint density at radius 3 is 2.63 bits per heavy atom. The highest BCUT2D eigenvalue weighted by Crippen LogP contribution is 2.28. The number of hydrogen-bond donors (Lipinski definition) is 2. The predicted octanol–water partition coefficient (Wildman–Crippen LogP) is 1.44. The number of carbonyl (C=O) groups excluding carboxylic acids is 1. The van der Waals surface area contributed by atoms with E-state index in [0.29, 0.717) is 18.0 Å². The molecule has 1 saturated carbocycles. The van der Waals surface area contributed by atoms with Crippen LogP contribution in [-0.2, 0) is 10.0 Å². The molecule has 3 N–H and O–H groups in total. The summed E-state index contributed by atoms with van der Waals surface area (Å²) in [5.74, 6) is 0.220. The average molecular weight is 303 g/mol. The molecule has 5 nitrogen and oxygen atoms in total. The lowest BCUT2D eigenvalue weighted by Crippen LogP contribution is -2.27. The van der Waals surface area contributed by atoms with Gasteiger partial charge in [0.2, 0.25) is 10.0 Å². The number of benzene rings is 1. The lowest BCUT2D eigenvalue weighted by molar-refractivity contribution is 0.0951. The van der Waals surface area contributed by atoms with E-state index in [9.17, 15) is 13.2 Å². The lowest BCUT2D eigenvalue weighted by Gasteiger charge is -2.11. The van der Waals surface area contributed by atoms with E-state index in [1.807, 2.05) is 0 Å². The summed E-state index contributed by atoms with van der Waals surface area (Å²) in [5, 5.41) is 8.06. The van der Waals surface area contributed by atoms with Gasteiger partial charge in [-0.3, -0.25) is 4.79 Å². The van der Waals surface area contributed by atoms with E-state index in [1.54, 1.807) is 6.92 Å². The van der Waals surface area contributed by atoms with Crippen LogP contribution in [0, 0.1) is 12.8 Å². The summed E-state index contributed by atoms with van der Waals surface area (Å²) < 4.78 is 22.9. The van der Waals surface area contributed by atoms with Gasteiger partial charge in [-0.05, 0) is 43.4 Å². The topological polar surface area (TPSA) is 89.3 Å². The standard InChI is InChI=1S/C12H15ClN2O3S/c1-7-10(12(16)15-6-8-2-3-8)4-9(13)5-11(7)19(14,17)18/h4-5,8H,2-3,6H2,1H3,(H,15,16)(H2,14,17,18). The van der Waals surface area contributed by atoms with E-state index in [-0.39, 0.29) is 21.4 Å². The molecule has 0 spiro atoms. The smallest absolute Gasteiger partial charge is 0.251 e. The number of sulfonamides is 1. The number of primary sulfonamides is 1. The van der Waals surface area contributed by atoms with Gasteiger partial charge in [-0.25, -0.2) is 13.6 Å². The van der Waals surface area contributed by atoms with Crippen molar-refractivity contribution in [2.24, 2.45) is 11.1 Å². The van der Waals surface area contributed by atoms with Gasteiger partial charge in [-0.2, -0.15) is 0 Å². The van der Waals surface area contributed by atoms with Crippen molar-refractivity contribution in [1.82, 2.24) is 5.32 Å². The first-order chi connectivity index (χ1) is 8.79.